The number of carbonyl (C=O) groups excluding carboxylic acids is 1. The van der Waals surface area contributed by atoms with Crippen LogP contribution in [-0.4, -0.2) is 43.9 Å². The quantitative estimate of drug-likeness (QED) is 0.356. The molecule has 0 saturated heterocycles. The first kappa shape index (κ1) is 16.0. The predicted octanol–water partition coefficient (Wildman–Crippen LogP) is 0.177. The number of amidine groups is 1. The van der Waals surface area contributed by atoms with E-state index in [-0.39, 0.29) is 5.84 Å². The van der Waals surface area contributed by atoms with E-state index in [9.17, 15) is 13.2 Å². The minimum atomic E-state index is -3.47. The average molecular weight is 299 g/mol. The van der Waals surface area contributed by atoms with Gasteiger partial charge in [0.25, 0.3) is 0 Å². The molecule has 0 aliphatic heterocycles. The van der Waals surface area contributed by atoms with E-state index < -0.39 is 21.0 Å². The van der Waals surface area contributed by atoms with Crippen LogP contribution in [0.1, 0.15) is 12.5 Å². The summed E-state index contributed by atoms with van der Waals surface area (Å²) >= 11 is 0. The summed E-state index contributed by atoms with van der Waals surface area (Å²) in [5.74, 6) is -0.645. The van der Waals surface area contributed by atoms with Crippen molar-refractivity contribution in [2.45, 2.75) is 12.2 Å². The molecule has 1 aromatic rings. The van der Waals surface area contributed by atoms with Crippen LogP contribution in [0.25, 0.3) is 0 Å². The Morgan fingerprint density at radius 1 is 1.45 bits per heavy atom. The van der Waals surface area contributed by atoms with Gasteiger partial charge in [-0.3, -0.25) is 4.79 Å². The number of carbonyl (C=O) groups is 1. The third-order valence-electron chi connectivity index (χ3n) is 2.96. The number of sulfone groups is 1. The van der Waals surface area contributed by atoms with Crippen molar-refractivity contribution in [3.63, 3.8) is 0 Å². The maximum absolute atomic E-state index is 12.1. The van der Waals surface area contributed by atoms with E-state index in [1.807, 2.05) is 0 Å². The van der Waals surface area contributed by atoms with Crippen LogP contribution in [0.15, 0.2) is 29.4 Å². The first-order valence-electron chi connectivity index (χ1n) is 5.73. The Morgan fingerprint density at radius 2 is 2.05 bits per heavy atom. The van der Waals surface area contributed by atoms with Crippen molar-refractivity contribution in [2.24, 2.45) is 10.9 Å². The largest absolute Gasteiger partial charge is 0.409 e. The number of nitrogens with two attached hydrogens (primary N) is 1. The Bertz CT molecular complexity index is 640. The van der Waals surface area contributed by atoms with Crippen molar-refractivity contribution in [3.8, 4) is 0 Å². The molecule has 3 N–H and O–H groups in total. The van der Waals surface area contributed by atoms with Gasteiger partial charge in [-0.1, -0.05) is 17.3 Å². The zero-order chi connectivity index (χ0) is 15.5. The molecule has 0 radical (unpaired) electrons. The van der Waals surface area contributed by atoms with Gasteiger partial charge in [0.15, 0.2) is 15.7 Å². The normalized spacial score (nSPS) is 13.8. The van der Waals surface area contributed by atoms with E-state index in [1.54, 1.807) is 18.2 Å². The molecule has 0 saturated carbocycles. The molecular weight excluding hydrogens is 282 g/mol. The Morgan fingerprint density at radius 3 is 2.55 bits per heavy atom. The van der Waals surface area contributed by atoms with E-state index in [4.69, 9.17) is 10.9 Å². The molecule has 0 aliphatic rings. The number of amides is 1. The Balaban J connectivity index is 3.10. The number of anilines is 1. The molecule has 8 heteroatoms. The number of hydrogen-bond donors (Lipinski definition) is 2. The van der Waals surface area contributed by atoms with Crippen LogP contribution < -0.4 is 10.6 Å². The van der Waals surface area contributed by atoms with Gasteiger partial charge in [-0.25, -0.2) is 8.42 Å². The monoisotopic (exact) mass is 299 g/mol. The van der Waals surface area contributed by atoms with Crippen molar-refractivity contribution in [1.29, 1.82) is 0 Å². The maximum atomic E-state index is 12.1. The van der Waals surface area contributed by atoms with Gasteiger partial charge < -0.3 is 15.8 Å². The molecule has 0 spiro atoms. The molecule has 7 nitrogen and oxygen atoms in total. The van der Waals surface area contributed by atoms with Crippen molar-refractivity contribution in [2.75, 3.05) is 18.2 Å². The van der Waals surface area contributed by atoms with Crippen LogP contribution in [0.2, 0.25) is 0 Å². The van der Waals surface area contributed by atoms with Crippen LogP contribution in [-0.2, 0) is 14.6 Å². The summed E-state index contributed by atoms with van der Waals surface area (Å²) in [6.07, 6.45) is 1.01. The van der Waals surface area contributed by atoms with E-state index in [2.05, 4.69) is 5.16 Å². The molecule has 0 bridgehead atoms. The highest BCUT2D eigenvalue weighted by Gasteiger charge is 2.27. The lowest BCUT2D eigenvalue weighted by Gasteiger charge is -2.21. The number of rotatable bonds is 4. The van der Waals surface area contributed by atoms with Gasteiger partial charge in [0, 0.05) is 24.6 Å². The number of benzene rings is 1. The third kappa shape index (κ3) is 3.47. The molecule has 20 heavy (non-hydrogen) atoms. The molecule has 1 aromatic carbocycles. The standard InChI is InChI=1S/C12H17N3O4S/c1-8(20(3,18)19)12(16)15(2)10-6-4-5-9(7-10)11(13)14-17/h4-8,17H,1-3H3,(H2,13,14). The fourth-order valence-corrected chi connectivity index (χ4v) is 2.04. The van der Waals surface area contributed by atoms with Crippen LogP contribution in [0.3, 0.4) is 0 Å². The third-order valence-corrected chi connectivity index (χ3v) is 4.44. The summed E-state index contributed by atoms with van der Waals surface area (Å²) in [5, 5.41) is 10.4. The van der Waals surface area contributed by atoms with Gasteiger partial charge >= 0.3 is 0 Å². The van der Waals surface area contributed by atoms with Crippen molar-refractivity contribution in [3.05, 3.63) is 29.8 Å². The Labute approximate surface area is 117 Å². The molecule has 1 unspecified atom stereocenters. The second-order valence-electron chi connectivity index (χ2n) is 4.40. The number of nitrogens with zero attached hydrogens (tertiary/aromatic N) is 2. The zero-order valence-corrected chi connectivity index (χ0v) is 12.3. The summed E-state index contributed by atoms with van der Waals surface area (Å²) in [6.45, 7) is 1.33. The molecule has 0 fully saturated rings. The SMILES string of the molecule is CC(C(=O)N(C)c1cccc(/C(N)=N/O)c1)S(C)(=O)=O. The highest BCUT2D eigenvalue weighted by Crippen LogP contribution is 2.17. The van der Waals surface area contributed by atoms with Crippen LogP contribution >= 0.6 is 0 Å². The maximum Gasteiger partial charge on any atom is 0.244 e. The van der Waals surface area contributed by atoms with Crippen molar-refractivity contribution >= 4 is 27.3 Å². The van der Waals surface area contributed by atoms with E-state index in [0.717, 1.165) is 6.26 Å². The number of oxime groups is 1. The Hall–Kier alpha value is -2.09. The summed E-state index contributed by atoms with van der Waals surface area (Å²) < 4.78 is 22.8. The Kier molecular flexibility index (Phi) is 4.72. The van der Waals surface area contributed by atoms with Gasteiger partial charge in [-0.15, -0.1) is 0 Å². The lowest BCUT2D eigenvalue weighted by Crippen LogP contribution is -2.39. The summed E-state index contributed by atoms with van der Waals surface area (Å²) in [6, 6.07) is 6.39. The van der Waals surface area contributed by atoms with Crippen LogP contribution in [0.4, 0.5) is 5.69 Å². The molecule has 0 aliphatic carbocycles. The fraction of sp³-hybridized carbons (Fsp3) is 0.333. The van der Waals surface area contributed by atoms with Gasteiger partial charge in [-0.2, -0.15) is 0 Å². The lowest BCUT2D eigenvalue weighted by molar-refractivity contribution is -0.117. The first-order valence-corrected chi connectivity index (χ1v) is 7.68. The van der Waals surface area contributed by atoms with Crippen LogP contribution in [0.5, 0.6) is 0 Å². The average Bonchev–Trinajstić information content (AvgIpc) is 2.43. The molecule has 1 atom stereocenters. The van der Waals surface area contributed by atoms with Gasteiger partial charge in [-0.05, 0) is 19.1 Å². The minimum Gasteiger partial charge on any atom is -0.409 e. The molecule has 0 aromatic heterocycles. The van der Waals surface area contributed by atoms with Gasteiger partial charge in [0.05, 0.1) is 0 Å². The lowest BCUT2D eigenvalue weighted by atomic mass is 10.1. The molecule has 110 valence electrons. The number of hydrogen-bond acceptors (Lipinski definition) is 5. The van der Waals surface area contributed by atoms with Crippen molar-refractivity contribution < 1.29 is 18.4 Å². The highest BCUT2D eigenvalue weighted by molar-refractivity contribution is 7.92. The second-order valence-corrected chi connectivity index (χ2v) is 6.77. The second kappa shape index (κ2) is 5.91. The molecule has 0 heterocycles. The first-order chi connectivity index (χ1) is 9.18. The fourth-order valence-electron chi connectivity index (χ4n) is 1.51. The smallest absolute Gasteiger partial charge is 0.244 e. The molecule has 1 amide bonds. The topological polar surface area (TPSA) is 113 Å². The van der Waals surface area contributed by atoms with E-state index in [0.29, 0.717) is 11.3 Å². The predicted molar refractivity (Wildman–Crippen MR) is 76.7 cm³/mol. The minimum absolute atomic E-state index is 0.0936. The van der Waals surface area contributed by atoms with E-state index >= 15 is 0 Å². The summed E-state index contributed by atoms with van der Waals surface area (Å²) in [4.78, 5) is 13.3. The molecule has 1 rings (SSSR count). The summed E-state index contributed by atoms with van der Waals surface area (Å²) in [7, 11) is -2.00. The highest BCUT2D eigenvalue weighted by atomic mass is 32.2. The van der Waals surface area contributed by atoms with E-state index in [1.165, 1.54) is 24.9 Å². The van der Waals surface area contributed by atoms with Gasteiger partial charge in [0.1, 0.15) is 5.25 Å². The van der Waals surface area contributed by atoms with Gasteiger partial charge in [0.2, 0.25) is 5.91 Å². The van der Waals surface area contributed by atoms with Crippen molar-refractivity contribution in [1.82, 2.24) is 0 Å². The molecular formula is C12H17N3O4S. The van der Waals surface area contributed by atoms with Crippen LogP contribution in [0, 0.1) is 0 Å². The zero-order valence-electron chi connectivity index (χ0n) is 11.4. The summed E-state index contributed by atoms with van der Waals surface area (Å²) in [5.41, 5.74) is 6.35.